The minimum Gasteiger partial charge on any atom is -0.478 e. The number of hydrogen-bond donors (Lipinski definition) is 1. The molecule has 2 heterocycles. The average molecular weight is 524 g/mol. The van der Waals surface area contributed by atoms with Crippen molar-refractivity contribution in [3.8, 4) is 0 Å². The number of hydrogen-bond acceptors (Lipinski definition) is 3. The molecule has 5 rings (SSSR count). The smallest absolute Gasteiger partial charge is 0.339 e. The number of piperidine rings is 1. The van der Waals surface area contributed by atoms with Crippen LogP contribution in [0.4, 0.5) is 18.9 Å². The number of nitrogens with zero attached hydrogens (tertiary/aromatic N) is 2. The highest BCUT2D eigenvalue weighted by atomic mass is 19.2. The Balaban J connectivity index is 1.68. The van der Waals surface area contributed by atoms with Gasteiger partial charge in [0.2, 0.25) is 0 Å². The van der Waals surface area contributed by atoms with Crippen LogP contribution in [0.2, 0.25) is 0 Å². The summed E-state index contributed by atoms with van der Waals surface area (Å²) in [6, 6.07) is 7.27. The van der Waals surface area contributed by atoms with Gasteiger partial charge in [-0.3, -0.25) is 0 Å². The molecule has 1 N–H and O–H groups in total. The Morgan fingerprint density at radius 1 is 0.868 bits per heavy atom. The van der Waals surface area contributed by atoms with Crippen LogP contribution in [0.1, 0.15) is 46.3 Å². The van der Waals surface area contributed by atoms with Gasteiger partial charge in [-0.25, -0.2) is 22.5 Å². The highest BCUT2D eigenvalue weighted by Gasteiger charge is 2.31. The second-order valence-electron chi connectivity index (χ2n) is 9.74. The molecule has 38 heavy (non-hydrogen) atoms. The van der Waals surface area contributed by atoms with Crippen molar-refractivity contribution in [3.63, 3.8) is 0 Å². The Morgan fingerprint density at radius 2 is 1.50 bits per heavy atom. The van der Waals surface area contributed by atoms with E-state index in [0.717, 1.165) is 57.3 Å². The molecular formula is C30H30F3N2O3+. The van der Waals surface area contributed by atoms with Gasteiger partial charge in [-0.15, -0.1) is 0 Å². The minimum absolute atomic E-state index is 0.195. The maximum Gasteiger partial charge on any atom is 0.339 e. The number of carbonyl (C=O) groups is 1. The number of morpholine rings is 1. The van der Waals surface area contributed by atoms with Gasteiger partial charge >= 0.3 is 5.97 Å². The fourth-order valence-corrected chi connectivity index (χ4v) is 5.32. The van der Waals surface area contributed by atoms with Crippen LogP contribution >= 0.6 is 0 Å². The van der Waals surface area contributed by atoms with Crippen LogP contribution in [0.3, 0.4) is 0 Å². The van der Waals surface area contributed by atoms with E-state index >= 15 is 4.39 Å². The number of halogens is 3. The summed E-state index contributed by atoms with van der Waals surface area (Å²) in [5, 5.41) is 9.85. The third kappa shape index (κ3) is 4.92. The summed E-state index contributed by atoms with van der Waals surface area (Å²) in [5.74, 6) is -5.89. The maximum absolute atomic E-state index is 15.7. The predicted octanol–water partition coefficient (Wildman–Crippen LogP) is 5.51. The molecule has 1 aliphatic carbocycles. The zero-order valence-electron chi connectivity index (χ0n) is 21.3. The summed E-state index contributed by atoms with van der Waals surface area (Å²) in [7, 11) is 0. The first-order valence-corrected chi connectivity index (χ1v) is 12.9. The summed E-state index contributed by atoms with van der Waals surface area (Å²) in [5.41, 5.74) is 1.12. The highest BCUT2D eigenvalue weighted by molar-refractivity contribution is 6.05. The molecule has 0 atom stereocenters. The molecule has 2 aromatic rings. The first kappa shape index (κ1) is 26.0. The van der Waals surface area contributed by atoms with E-state index in [4.69, 9.17) is 4.74 Å². The number of allylic oxidation sites excluding steroid dienone is 5. The lowest BCUT2D eigenvalue weighted by molar-refractivity contribution is -0.535. The number of carboxylic acids is 1. The molecule has 2 aliphatic heterocycles. The molecule has 0 radical (unpaired) electrons. The number of rotatable bonds is 4. The Hall–Kier alpha value is -3.65. The molecule has 0 unspecified atom stereocenters. The van der Waals surface area contributed by atoms with Gasteiger partial charge in [-0.1, -0.05) is 12.1 Å². The summed E-state index contributed by atoms with van der Waals surface area (Å²) in [6.07, 6.45) is 10.8. The molecule has 0 bridgehead atoms. The molecule has 3 aliphatic rings. The third-order valence-corrected chi connectivity index (χ3v) is 7.41. The van der Waals surface area contributed by atoms with Gasteiger partial charge in [-0.05, 0) is 48.8 Å². The predicted molar refractivity (Wildman–Crippen MR) is 141 cm³/mol. The van der Waals surface area contributed by atoms with E-state index in [1.165, 1.54) is 6.42 Å². The lowest BCUT2D eigenvalue weighted by Crippen LogP contribution is -2.36. The zero-order chi connectivity index (χ0) is 26.8. The molecule has 0 spiro atoms. The first-order chi connectivity index (χ1) is 18.4. The van der Waals surface area contributed by atoms with Crippen LogP contribution in [0.15, 0.2) is 54.1 Å². The minimum atomic E-state index is -1.73. The van der Waals surface area contributed by atoms with Crippen LogP contribution in [0, 0.1) is 24.4 Å². The number of aromatic carboxylic acids is 1. The van der Waals surface area contributed by atoms with Crippen LogP contribution in [0.5, 0.6) is 0 Å². The molecular weight excluding hydrogens is 493 g/mol. The number of benzene rings is 2. The van der Waals surface area contributed by atoms with E-state index in [2.05, 4.69) is 9.48 Å². The Morgan fingerprint density at radius 3 is 2.11 bits per heavy atom. The van der Waals surface area contributed by atoms with E-state index in [9.17, 15) is 18.7 Å². The lowest BCUT2D eigenvalue weighted by Gasteiger charge is -2.29. The van der Waals surface area contributed by atoms with Gasteiger partial charge < -0.3 is 14.7 Å². The summed E-state index contributed by atoms with van der Waals surface area (Å²) in [4.78, 5) is 14.3. The Kier molecular flexibility index (Phi) is 7.51. The van der Waals surface area contributed by atoms with Crippen molar-refractivity contribution in [1.29, 1.82) is 0 Å². The molecule has 5 nitrogen and oxygen atoms in total. The van der Waals surface area contributed by atoms with Crippen molar-refractivity contribution in [1.82, 2.24) is 0 Å². The summed E-state index contributed by atoms with van der Waals surface area (Å²) < 4.78 is 52.9. The van der Waals surface area contributed by atoms with Crippen molar-refractivity contribution in [2.75, 3.05) is 44.3 Å². The topological polar surface area (TPSA) is 52.8 Å². The highest BCUT2D eigenvalue weighted by Crippen LogP contribution is 2.37. The Labute approximate surface area is 219 Å². The number of anilines is 1. The molecule has 2 fully saturated rings. The Bertz CT molecular complexity index is 1360. The molecule has 198 valence electrons. The van der Waals surface area contributed by atoms with Crippen LogP contribution in [-0.4, -0.2) is 60.8 Å². The second-order valence-corrected chi connectivity index (χ2v) is 9.74. The van der Waals surface area contributed by atoms with Crippen molar-refractivity contribution < 1.29 is 32.4 Å². The summed E-state index contributed by atoms with van der Waals surface area (Å²) in [6.45, 7) is 5.69. The lowest BCUT2D eigenvalue weighted by atomic mass is 9.86. The SMILES string of the molecule is Cc1c(F)c(F)c(C(=O)O)c(C(=C2C=CC(=[N+]3CCCCC3)C=C2)c2ccc(N3CCOCC3)cc2)c1F. The number of ether oxygens (including phenoxy) is 1. The van der Waals surface area contributed by atoms with Gasteiger partial charge in [0.25, 0.3) is 0 Å². The standard InChI is InChI=1S/C30H29F3N2O3/c1-19-27(31)25(26(30(36)37)29(33)28(19)32)24(20-5-9-22(10-6-20)34-13-3-2-4-14-34)21-7-11-23(12-8-21)35-15-17-38-18-16-35/h5-12H,2-4,13-18H2,1H3/p+1. The van der Waals surface area contributed by atoms with Crippen molar-refractivity contribution in [2.45, 2.75) is 26.2 Å². The van der Waals surface area contributed by atoms with Gasteiger partial charge in [-0.2, -0.15) is 0 Å². The van der Waals surface area contributed by atoms with Crippen molar-refractivity contribution in [2.24, 2.45) is 0 Å². The normalized spacial score (nSPS) is 17.8. The van der Waals surface area contributed by atoms with Crippen LogP contribution < -0.4 is 4.90 Å². The van der Waals surface area contributed by atoms with Crippen LogP contribution in [0.25, 0.3) is 5.57 Å². The summed E-state index contributed by atoms with van der Waals surface area (Å²) >= 11 is 0. The zero-order valence-corrected chi connectivity index (χ0v) is 21.3. The van der Waals surface area contributed by atoms with Gasteiger partial charge in [0, 0.05) is 60.5 Å². The van der Waals surface area contributed by atoms with Gasteiger partial charge in [0.05, 0.1) is 13.2 Å². The van der Waals surface area contributed by atoms with E-state index in [0.29, 0.717) is 24.4 Å². The number of carboxylic acid groups (broad SMARTS) is 1. The molecule has 2 saturated heterocycles. The molecule has 8 heteroatoms. The molecule has 2 aromatic carbocycles. The van der Waals surface area contributed by atoms with E-state index < -0.39 is 40.1 Å². The average Bonchev–Trinajstić information content (AvgIpc) is 2.96. The second kappa shape index (κ2) is 11.0. The van der Waals surface area contributed by atoms with Gasteiger partial charge in [0.1, 0.15) is 24.5 Å². The van der Waals surface area contributed by atoms with E-state index in [-0.39, 0.29) is 5.57 Å². The largest absolute Gasteiger partial charge is 0.478 e. The third-order valence-electron chi connectivity index (χ3n) is 7.41. The fraction of sp³-hybridized carbons (Fsp3) is 0.333. The van der Waals surface area contributed by atoms with Crippen molar-refractivity contribution >= 4 is 22.9 Å². The van der Waals surface area contributed by atoms with Gasteiger partial charge in [0.15, 0.2) is 17.3 Å². The van der Waals surface area contributed by atoms with Crippen LogP contribution in [-0.2, 0) is 4.74 Å². The maximum atomic E-state index is 15.7. The quantitative estimate of drug-likeness (QED) is 0.424. The molecule has 0 amide bonds. The van der Waals surface area contributed by atoms with Crippen molar-refractivity contribution in [3.05, 3.63) is 93.8 Å². The molecule has 0 saturated carbocycles. The van der Waals surface area contributed by atoms with E-state index in [1.807, 2.05) is 24.3 Å². The molecule has 0 aromatic heterocycles. The fourth-order valence-electron chi connectivity index (χ4n) is 5.32. The monoisotopic (exact) mass is 523 g/mol. The first-order valence-electron chi connectivity index (χ1n) is 12.9. The van der Waals surface area contributed by atoms with E-state index in [1.54, 1.807) is 24.3 Å².